The quantitative estimate of drug-likeness (QED) is 0.783. The van der Waals surface area contributed by atoms with Gasteiger partial charge in [-0.25, -0.2) is 4.39 Å². The van der Waals surface area contributed by atoms with E-state index in [0.29, 0.717) is 12.2 Å². The average Bonchev–Trinajstić information content (AvgIpc) is 2.92. The van der Waals surface area contributed by atoms with Crippen molar-refractivity contribution in [2.45, 2.75) is 6.54 Å². The van der Waals surface area contributed by atoms with E-state index < -0.39 is 0 Å². The molecule has 0 unspecified atom stereocenters. The van der Waals surface area contributed by atoms with E-state index in [9.17, 15) is 9.18 Å². The Morgan fingerprint density at radius 1 is 1.14 bits per heavy atom. The molecule has 0 bridgehead atoms. The van der Waals surface area contributed by atoms with Crippen LogP contribution in [0.4, 0.5) is 4.39 Å². The van der Waals surface area contributed by atoms with Crippen LogP contribution in [0.5, 0.6) is 0 Å². The number of nitrogens with zero attached hydrogens (tertiary/aromatic N) is 1. The summed E-state index contributed by atoms with van der Waals surface area (Å²) in [6.45, 7) is 0.439. The maximum atomic E-state index is 12.9. The molecule has 0 atom stereocenters. The molecule has 1 heterocycles. The van der Waals surface area contributed by atoms with Gasteiger partial charge in [0.25, 0.3) is 5.91 Å². The van der Waals surface area contributed by atoms with Gasteiger partial charge in [-0.3, -0.25) is 4.79 Å². The van der Waals surface area contributed by atoms with E-state index in [1.807, 2.05) is 30.3 Å². The van der Waals surface area contributed by atoms with Crippen LogP contribution >= 0.6 is 0 Å². The summed E-state index contributed by atoms with van der Waals surface area (Å²) in [5.41, 5.74) is 2.39. The third kappa shape index (κ3) is 2.79. The monoisotopic (exact) mass is 282 g/mol. The van der Waals surface area contributed by atoms with Gasteiger partial charge in [0.15, 0.2) is 0 Å². The molecule has 4 heteroatoms. The predicted molar refractivity (Wildman–Crippen MR) is 80.5 cm³/mol. The maximum absolute atomic E-state index is 12.9. The van der Waals surface area contributed by atoms with Gasteiger partial charge in [0.1, 0.15) is 11.5 Å². The molecule has 2 aromatic carbocycles. The van der Waals surface area contributed by atoms with Crippen molar-refractivity contribution in [2.24, 2.45) is 0 Å². The zero-order valence-corrected chi connectivity index (χ0v) is 11.6. The number of benzene rings is 2. The van der Waals surface area contributed by atoms with Gasteiger partial charge in [-0.1, -0.05) is 30.3 Å². The van der Waals surface area contributed by atoms with E-state index in [-0.39, 0.29) is 11.7 Å². The molecule has 0 saturated heterocycles. The molecule has 3 nitrogen and oxygen atoms in total. The van der Waals surface area contributed by atoms with E-state index >= 15 is 0 Å². The van der Waals surface area contributed by atoms with Crippen molar-refractivity contribution in [3.8, 4) is 0 Å². The van der Waals surface area contributed by atoms with Crippen LogP contribution in [0.3, 0.4) is 0 Å². The molecular weight excluding hydrogens is 267 g/mol. The number of hydrogen-bond donors (Lipinski definition) is 1. The van der Waals surface area contributed by atoms with Gasteiger partial charge in [0.05, 0.1) is 0 Å². The predicted octanol–water partition coefficient (Wildman–Crippen LogP) is 3.58. The number of amides is 1. The van der Waals surface area contributed by atoms with Crippen molar-refractivity contribution in [1.82, 2.24) is 9.88 Å². The number of aromatic amines is 1. The normalized spacial score (nSPS) is 10.8. The summed E-state index contributed by atoms with van der Waals surface area (Å²) in [4.78, 5) is 17.1. The van der Waals surface area contributed by atoms with Crippen LogP contribution in [-0.4, -0.2) is 22.8 Å². The van der Waals surface area contributed by atoms with Crippen LogP contribution < -0.4 is 0 Å². The Balaban J connectivity index is 1.78. The minimum absolute atomic E-state index is 0.0875. The Morgan fingerprint density at radius 3 is 2.57 bits per heavy atom. The Labute approximate surface area is 122 Å². The molecule has 1 amide bonds. The van der Waals surface area contributed by atoms with Crippen LogP contribution in [0.2, 0.25) is 0 Å². The Bertz CT molecular complexity index is 744. The van der Waals surface area contributed by atoms with Gasteiger partial charge in [0.2, 0.25) is 0 Å². The molecule has 0 aliphatic rings. The number of H-pyrrole nitrogens is 1. The van der Waals surface area contributed by atoms with E-state index in [1.165, 1.54) is 12.1 Å². The fraction of sp³-hybridized carbons (Fsp3) is 0.118. The fourth-order valence-electron chi connectivity index (χ4n) is 2.33. The van der Waals surface area contributed by atoms with Crippen molar-refractivity contribution in [2.75, 3.05) is 7.05 Å². The summed E-state index contributed by atoms with van der Waals surface area (Å²) in [6, 6.07) is 15.8. The average molecular weight is 282 g/mol. The number of rotatable bonds is 3. The lowest BCUT2D eigenvalue weighted by Gasteiger charge is -2.16. The molecule has 3 rings (SSSR count). The minimum atomic E-state index is -0.275. The van der Waals surface area contributed by atoms with E-state index in [0.717, 1.165) is 16.5 Å². The number of hydrogen-bond acceptors (Lipinski definition) is 1. The topological polar surface area (TPSA) is 36.1 Å². The Hall–Kier alpha value is -2.62. The molecule has 0 aliphatic carbocycles. The zero-order valence-electron chi connectivity index (χ0n) is 11.6. The number of halogens is 1. The van der Waals surface area contributed by atoms with E-state index in [4.69, 9.17) is 0 Å². The second-order valence-corrected chi connectivity index (χ2v) is 5.06. The van der Waals surface area contributed by atoms with Crippen LogP contribution in [0, 0.1) is 5.82 Å². The van der Waals surface area contributed by atoms with Gasteiger partial charge in [-0.15, -0.1) is 0 Å². The second-order valence-electron chi connectivity index (χ2n) is 5.06. The molecule has 21 heavy (non-hydrogen) atoms. The van der Waals surface area contributed by atoms with Gasteiger partial charge in [-0.2, -0.15) is 0 Å². The molecule has 0 aliphatic heterocycles. The van der Waals surface area contributed by atoms with Crippen LogP contribution in [0.25, 0.3) is 10.9 Å². The highest BCUT2D eigenvalue weighted by Gasteiger charge is 2.14. The summed E-state index contributed by atoms with van der Waals surface area (Å²) >= 11 is 0. The largest absolute Gasteiger partial charge is 0.351 e. The molecule has 0 spiro atoms. The SMILES string of the molecule is CN(Cc1ccc(F)cc1)C(=O)c1cc2ccccc2[nH]1. The number of aromatic nitrogens is 1. The van der Waals surface area contributed by atoms with Crippen LogP contribution in [0.15, 0.2) is 54.6 Å². The first-order chi connectivity index (χ1) is 10.1. The summed E-state index contributed by atoms with van der Waals surface area (Å²) in [7, 11) is 1.73. The molecule has 1 N–H and O–H groups in total. The maximum Gasteiger partial charge on any atom is 0.270 e. The van der Waals surface area contributed by atoms with Crippen molar-refractivity contribution in [1.29, 1.82) is 0 Å². The molecule has 0 fully saturated rings. The summed E-state index contributed by atoms with van der Waals surface area (Å²) in [5, 5.41) is 1.01. The first kappa shape index (κ1) is 13.4. The van der Waals surface area contributed by atoms with E-state index in [2.05, 4.69) is 4.98 Å². The first-order valence-corrected chi connectivity index (χ1v) is 6.71. The van der Waals surface area contributed by atoms with Crippen LogP contribution in [-0.2, 0) is 6.54 Å². The highest BCUT2D eigenvalue weighted by molar-refractivity contribution is 5.97. The number of para-hydroxylation sites is 1. The lowest BCUT2D eigenvalue weighted by molar-refractivity contribution is 0.0780. The third-order valence-electron chi connectivity index (χ3n) is 3.44. The van der Waals surface area contributed by atoms with Gasteiger partial charge in [-0.05, 0) is 29.8 Å². The molecule has 1 aromatic heterocycles. The van der Waals surface area contributed by atoms with Crippen LogP contribution in [0.1, 0.15) is 16.1 Å². The van der Waals surface area contributed by atoms with Gasteiger partial charge < -0.3 is 9.88 Å². The van der Waals surface area contributed by atoms with Gasteiger partial charge in [0, 0.05) is 24.5 Å². The number of carbonyl (C=O) groups is 1. The Morgan fingerprint density at radius 2 is 1.86 bits per heavy atom. The number of fused-ring (bicyclic) bond motifs is 1. The lowest BCUT2D eigenvalue weighted by Crippen LogP contribution is -2.26. The highest BCUT2D eigenvalue weighted by atomic mass is 19.1. The molecule has 0 radical (unpaired) electrons. The van der Waals surface area contributed by atoms with E-state index in [1.54, 1.807) is 24.1 Å². The lowest BCUT2D eigenvalue weighted by atomic mass is 10.2. The zero-order chi connectivity index (χ0) is 14.8. The highest BCUT2D eigenvalue weighted by Crippen LogP contribution is 2.16. The smallest absolute Gasteiger partial charge is 0.270 e. The van der Waals surface area contributed by atoms with Crippen molar-refractivity contribution >= 4 is 16.8 Å². The number of carbonyl (C=O) groups excluding carboxylic acids is 1. The summed E-state index contributed by atoms with van der Waals surface area (Å²) < 4.78 is 12.9. The van der Waals surface area contributed by atoms with Crippen molar-refractivity contribution < 1.29 is 9.18 Å². The van der Waals surface area contributed by atoms with Crippen molar-refractivity contribution in [3.05, 3.63) is 71.7 Å². The molecule has 3 aromatic rings. The third-order valence-corrected chi connectivity index (χ3v) is 3.44. The molecular formula is C17H15FN2O. The minimum Gasteiger partial charge on any atom is -0.351 e. The van der Waals surface area contributed by atoms with Gasteiger partial charge >= 0.3 is 0 Å². The standard InChI is InChI=1S/C17H15FN2O/c1-20(11-12-6-8-14(18)9-7-12)17(21)16-10-13-4-2-3-5-15(13)19-16/h2-10,19H,11H2,1H3. The first-order valence-electron chi connectivity index (χ1n) is 6.71. The summed E-state index contributed by atoms with van der Waals surface area (Å²) in [6.07, 6.45) is 0. The van der Waals surface area contributed by atoms with Crippen molar-refractivity contribution in [3.63, 3.8) is 0 Å². The Kier molecular flexibility index (Phi) is 3.44. The molecule has 106 valence electrons. The number of nitrogens with one attached hydrogen (secondary N) is 1. The summed E-state index contributed by atoms with van der Waals surface area (Å²) in [5.74, 6) is -0.362. The molecule has 0 saturated carbocycles. The second kappa shape index (κ2) is 5.40. The fourth-order valence-corrected chi connectivity index (χ4v) is 2.33.